The number of ketones is 1. The molecule has 0 radical (unpaired) electrons. The van der Waals surface area contributed by atoms with Crippen molar-refractivity contribution in [1.29, 1.82) is 0 Å². The molecule has 1 atom stereocenters. The van der Waals surface area contributed by atoms with Gasteiger partial charge in [0, 0.05) is 37.8 Å². The standard InChI is InChI=1S/C21H32FN3O2/c1-4-5-6-7-8-16(2)23-21(27)25-13-11-24(12-14-25)20-10-9-18(17(3)26)15-19(20)22/h9-10,15-16H,4-8,11-14H2,1-3H3,(H,23,27)/t16-/m1/s1. The maximum absolute atomic E-state index is 14.3. The molecule has 0 aliphatic carbocycles. The molecule has 1 saturated heterocycles. The quantitative estimate of drug-likeness (QED) is 0.545. The van der Waals surface area contributed by atoms with Gasteiger partial charge in [0.05, 0.1) is 5.69 Å². The Bertz CT molecular complexity index is 642. The van der Waals surface area contributed by atoms with Crippen LogP contribution in [-0.2, 0) is 0 Å². The first-order chi connectivity index (χ1) is 12.9. The van der Waals surface area contributed by atoms with Crippen molar-refractivity contribution >= 4 is 17.5 Å². The van der Waals surface area contributed by atoms with Crippen LogP contribution in [-0.4, -0.2) is 48.9 Å². The van der Waals surface area contributed by atoms with E-state index in [2.05, 4.69) is 12.2 Å². The van der Waals surface area contributed by atoms with E-state index in [4.69, 9.17) is 0 Å². The first kappa shape index (κ1) is 21.2. The summed E-state index contributed by atoms with van der Waals surface area (Å²) in [6.07, 6.45) is 5.80. The number of anilines is 1. The number of urea groups is 1. The van der Waals surface area contributed by atoms with Gasteiger partial charge in [-0.3, -0.25) is 4.79 Å². The van der Waals surface area contributed by atoms with Gasteiger partial charge in [-0.05, 0) is 38.5 Å². The summed E-state index contributed by atoms with van der Waals surface area (Å²) < 4.78 is 14.3. The number of hydrogen-bond acceptors (Lipinski definition) is 3. The van der Waals surface area contributed by atoms with Crippen LogP contribution in [0.3, 0.4) is 0 Å². The number of nitrogens with one attached hydrogen (secondary N) is 1. The molecule has 1 aliphatic rings. The van der Waals surface area contributed by atoms with Gasteiger partial charge < -0.3 is 15.1 Å². The number of benzene rings is 1. The predicted octanol–water partition coefficient (Wildman–Crippen LogP) is 4.22. The number of amides is 2. The number of hydrogen-bond donors (Lipinski definition) is 1. The number of halogens is 1. The molecule has 1 aromatic rings. The first-order valence-electron chi connectivity index (χ1n) is 10.0. The predicted molar refractivity (Wildman–Crippen MR) is 107 cm³/mol. The molecule has 0 bridgehead atoms. The summed E-state index contributed by atoms with van der Waals surface area (Å²) in [7, 11) is 0. The van der Waals surface area contributed by atoms with E-state index in [0.29, 0.717) is 37.4 Å². The molecule has 0 spiro atoms. The number of piperazine rings is 1. The smallest absolute Gasteiger partial charge is 0.317 e. The van der Waals surface area contributed by atoms with E-state index in [1.165, 1.54) is 32.3 Å². The van der Waals surface area contributed by atoms with Crippen molar-refractivity contribution in [2.75, 3.05) is 31.1 Å². The lowest BCUT2D eigenvalue weighted by Gasteiger charge is -2.36. The Hall–Kier alpha value is -2.11. The van der Waals surface area contributed by atoms with Crippen LogP contribution < -0.4 is 10.2 Å². The molecule has 5 nitrogen and oxygen atoms in total. The zero-order chi connectivity index (χ0) is 19.8. The van der Waals surface area contributed by atoms with Crippen LogP contribution in [0.4, 0.5) is 14.9 Å². The van der Waals surface area contributed by atoms with Crippen molar-refractivity contribution in [3.8, 4) is 0 Å². The van der Waals surface area contributed by atoms with Crippen molar-refractivity contribution in [2.45, 2.75) is 58.9 Å². The summed E-state index contributed by atoms with van der Waals surface area (Å²) in [5.41, 5.74) is 0.867. The molecular weight excluding hydrogens is 345 g/mol. The SMILES string of the molecule is CCCCCC[C@@H](C)NC(=O)N1CCN(c2ccc(C(C)=O)cc2F)CC1. The van der Waals surface area contributed by atoms with Gasteiger partial charge in [0.2, 0.25) is 0 Å². The van der Waals surface area contributed by atoms with Crippen molar-refractivity contribution in [1.82, 2.24) is 10.2 Å². The Morgan fingerprint density at radius 1 is 1.15 bits per heavy atom. The molecular formula is C21H32FN3O2. The fraction of sp³-hybridized carbons (Fsp3) is 0.619. The number of carbonyl (C=O) groups is 2. The van der Waals surface area contributed by atoms with Crippen LogP contribution in [0.5, 0.6) is 0 Å². The molecule has 2 amide bonds. The van der Waals surface area contributed by atoms with Gasteiger partial charge in [0.1, 0.15) is 5.82 Å². The number of rotatable bonds is 8. The lowest BCUT2D eigenvalue weighted by Crippen LogP contribution is -2.53. The highest BCUT2D eigenvalue weighted by atomic mass is 19.1. The van der Waals surface area contributed by atoms with Gasteiger partial charge in [0.25, 0.3) is 0 Å². The van der Waals surface area contributed by atoms with Gasteiger partial charge in [-0.2, -0.15) is 0 Å². The maximum Gasteiger partial charge on any atom is 0.317 e. The van der Waals surface area contributed by atoms with Crippen molar-refractivity contribution in [3.05, 3.63) is 29.6 Å². The highest BCUT2D eigenvalue weighted by molar-refractivity contribution is 5.94. The van der Waals surface area contributed by atoms with Gasteiger partial charge in [-0.25, -0.2) is 9.18 Å². The van der Waals surface area contributed by atoms with E-state index < -0.39 is 0 Å². The van der Waals surface area contributed by atoms with Crippen LogP contribution in [0.15, 0.2) is 18.2 Å². The molecule has 0 unspecified atom stereocenters. The van der Waals surface area contributed by atoms with Crippen LogP contribution in [0, 0.1) is 5.82 Å². The Kier molecular flexibility index (Phi) is 8.07. The van der Waals surface area contributed by atoms with Crippen molar-refractivity contribution < 1.29 is 14.0 Å². The van der Waals surface area contributed by atoms with Crippen LogP contribution in [0.25, 0.3) is 0 Å². The highest BCUT2D eigenvalue weighted by Gasteiger charge is 2.23. The minimum Gasteiger partial charge on any atom is -0.366 e. The van der Waals surface area contributed by atoms with E-state index in [0.717, 1.165) is 12.8 Å². The molecule has 0 aromatic heterocycles. The normalized spacial score (nSPS) is 15.6. The third-order valence-electron chi connectivity index (χ3n) is 5.12. The second-order valence-corrected chi connectivity index (χ2v) is 7.40. The molecule has 1 aliphatic heterocycles. The Morgan fingerprint density at radius 3 is 2.44 bits per heavy atom. The molecule has 6 heteroatoms. The second-order valence-electron chi connectivity index (χ2n) is 7.40. The van der Waals surface area contributed by atoms with Crippen LogP contribution >= 0.6 is 0 Å². The van der Waals surface area contributed by atoms with E-state index in [-0.39, 0.29) is 23.7 Å². The molecule has 27 heavy (non-hydrogen) atoms. The summed E-state index contributed by atoms with van der Waals surface area (Å²) >= 11 is 0. The zero-order valence-corrected chi connectivity index (χ0v) is 16.8. The molecule has 0 saturated carbocycles. The number of unbranched alkanes of at least 4 members (excludes halogenated alkanes) is 3. The van der Waals surface area contributed by atoms with Gasteiger partial charge >= 0.3 is 6.03 Å². The number of nitrogens with zero attached hydrogens (tertiary/aromatic N) is 2. The second kappa shape index (κ2) is 10.3. The number of carbonyl (C=O) groups excluding carboxylic acids is 2. The first-order valence-corrected chi connectivity index (χ1v) is 10.0. The van der Waals surface area contributed by atoms with Crippen molar-refractivity contribution in [3.63, 3.8) is 0 Å². The van der Waals surface area contributed by atoms with Gasteiger partial charge in [-0.1, -0.05) is 32.6 Å². The summed E-state index contributed by atoms with van der Waals surface area (Å²) in [6.45, 7) is 7.94. The van der Waals surface area contributed by atoms with Gasteiger partial charge in [0.15, 0.2) is 5.78 Å². The minimum absolute atomic E-state index is 0.0370. The van der Waals surface area contributed by atoms with E-state index in [1.807, 2.05) is 11.8 Å². The number of Topliss-reactive ketones (excluding diaryl/α,β-unsaturated/α-hetero) is 1. The van der Waals surface area contributed by atoms with E-state index in [9.17, 15) is 14.0 Å². The summed E-state index contributed by atoms with van der Waals surface area (Å²) in [4.78, 5) is 27.5. The molecule has 2 rings (SSSR count). The molecule has 1 fully saturated rings. The molecule has 1 aromatic carbocycles. The lowest BCUT2D eigenvalue weighted by molar-refractivity contribution is 0.101. The zero-order valence-electron chi connectivity index (χ0n) is 16.8. The van der Waals surface area contributed by atoms with E-state index >= 15 is 0 Å². The molecule has 1 heterocycles. The fourth-order valence-electron chi connectivity index (χ4n) is 3.38. The minimum atomic E-state index is -0.388. The monoisotopic (exact) mass is 377 g/mol. The Labute approximate surface area is 161 Å². The average Bonchev–Trinajstić information content (AvgIpc) is 2.65. The van der Waals surface area contributed by atoms with E-state index in [1.54, 1.807) is 17.0 Å². The Balaban J connectivity index is 1.81. The lowest BCUT2D eigenvalue weighted by atomic mass is 10.1. The highest BCUT2D eigenvalue weighted by Crippen LogP contribution is 2.22. The summed E-state index contributed by atoms with van der Waals surface area (Å²) in [6, 6.07) is 4.73. The molecule has 150 valence electrons. The third-order valence-corrected chi connectivity index (χ3v) is 5.12. The topological polar surface area (TPSA) is 52.7 Å². The Morgan fingerprint density at radius 2 is 1.85 bits per heavy atom. The van der Waals surface area contributed by atoms with Gasteiger partial charge in [-0.15, -0.1) is 0 Å². The molecule has 1 N–H and O–H groups in total. The third kappa shape index (κ3) is 6.22. The van der Waals surface area contributed by atoms with Crippen LogP contribution in [0.2, 0.25) is 0 Å². The average molecular weight is 378 g/mol. The fourth-order valence-corrected chi connectivity index (χ4v) is 3.38. The van der Waals surface area contributed by atoms with Crippen molar-refractivity contribution in [2.24, 2.45) is 0 Å². The summed E-state index contributed by atoms with van der Waals surface area (Å²) in [5, 5.41) is 3.07. The largest absolute Gasteiger partial charge is 0.366 e. The summed E-state index contributed by atoms with van der Waals surface area (Å²) in [5.74, 6) is -0.535. The maximum atomic E-state index is 14.3. The van der Waals surface area contributed by atoms with Crippen LogP contribution in [0.1, 0.15) is 63.2 Å².